The highest BCUT2D eigenvalue weighted by molar-refractivity contribution is 8.00. The molecule has 0 aliphatic carbocycles. The number of thioether (sulfide) groups is 1. The molecule has 0 unspecified atom stereocenters. The highest BCUT2D eigenvalue weighted by atomic mass is 32.2. The number of rotatable bonds is 3. The molecule has 15 heavy (non-hydrogen) atoms. The number of nitrogens with zero attached hydrogens (tertiary/aromatic N) is 2. The quantitative estimate of drug-likeness (QED) is 0.795. The molecule has 0 fully saturated rings. The van der Waals surface area contributed by atoms with E-state index in [1.807, 2.05) is 28.8 Å². The Morgan fingerprint density at radius 1 is 1.60 bits per heavy atom. The first-order chi connectivity index (χ1) is 7.18. The third-order valence-electron chi connectivity index (χ3n) is 2.09. The number of carbonyl (C=O) groups is 1. The Labute approximate surface area is 91.5 Å². The van der Waals surface area contributed by atoms with Gasteiger partial charge in [0, 0.05) is 6.20 Å². The molecule has 0 spiro atoms. The van der Waals surface area contributed by atoms with Crippen LogP contribution >= 0.6 is 11.8 Å². The minimum atomic E-state index is -0.326. The summed E-state index contributed by atoms with van der Waals surface area (Å²) >= 11 is 1.37. The second-order valence-corrected chi connectivity index (χ2v) is 4.51. The van der Waals surface area contributed by atoms with Crippen molar-refractivity contribution >= 4 is 23.2 Å². The lowest BCUT2D eigenvalue weighted by Gasteiger charge is -2.05. The summed E-state index contributed by atoms with van der Waals surface area (Å²) in [5, 5.41) is 0.521. The van der Waals surface area contributed by atoms with E-state index >= 15 is 0 Å². The summed E-state index contributed by atoms with van der Waals surface area (Å²) in [6.07, 6.45) is 3.69. The van der Waals surface area contributed by atoms with Gasteiger partial charge in [0.05, 0.1) is 17.0 Å². The van der Waals surface area contributed by atoms with Crippen LogP contribution in [0.1, 0.15) is 6.92 Å². The fourth-order valence-corrected chi connectivity index (χ4v) is 2.05. The van der Waals surface area contributed by atoms with Crippen LogP contribution in [0.5, 0.6) is 0 Å². The standard InChI is InChI=1S/C10H11N3OS/c1-7(9(11)14)15-10-12-6-8-4-2-3-5-13(8)10/h2-7H,1H3,(H2,11,14)/t7-/m1/s1. The van der Waals surface area contributed by atoms with Gasteiger partial charge in [-0.1, -0.05) is 17.8 Å². The Morgan fingerprint density at radius 2 is 2.40 bits per heavy atom. The summed E-state index contributed by atoms with van der Waals surface area (Å²) in [4.78, 5) is 15.2. The predicted octanol–water partition coefficient (Wildman–Crippen LogP) is 1.30. The maximum atomic E-state index is 10.9. The first-order valence-corrected chi connectivity index (χ1v) is 5.44. The van der Waals surface area contributed by atoms with Crippen molar-refractivity contribution in [3.05, 3.63) is 30.6 Å². The molecule has 0 bridgehead atoms. The van der Waals surface area contributed by atoms with E-state index in [1.165, 1.54) is 11.8 Å². The second-order valence-electron chi connectivity index (χ2n) is 3.20. The van der Waals surface area contributed by atoms with Gasteiger partial charge in [-0.2, -0.15) is 0 Å². The number of hydrogen-bond acceptors (Lipinski definition) is 3. The SMILES string of the molecule is C[C@@H](Sc1ncc2ccccn12)C(N)=O. The summed E-state index contributed by atoms with van der Waals surface area (Å²) < 4.78 is 1.93. The first-order valence-electron chi connectivity index (χ1n) is 4.56. The molecule has 2 aromatic heterocycles. The summed E-state index contributed by atoms with van der Waals surface area (Å²) in [5.41, 5.74) is 6.21. The average Bonchev–Trinajstić information content (AvgIpc) is 2.62. The van der Waals surface area contributed by atoms with E-state index in [9.17, 15) is 4.79 Å². The Morgan fingerprint density at radius 3 is 3.13 bits per heavy atom. The fraction of sp³-hybridized carbons (Fsp3) is 0.200. The normalized spacial score (nSPS) is 12.9. The Hall–Kier alpha value is -1.49. The van der Waals surface area contributed by atoms with Crippen molar-refractivity contribution in [1.29, 1.82) is 0 Å². The van der Waals surface area contributed by atoms with Gasteiger partial charge in [-0.15, -0.1) is 0 Å². The van der Waals surface area contributed by atoms with Crippen LogP contribution < -0.4 is 5.73 Å². The van der Waals surface area contributed by atoms with E-state index in [1.54, 1.807) is 13.1 Å². The van der Waals surface area contributed by atoms with E-state index in [0.29, 0.717) is 0 Å². The van der Waals surface area contributed by atoms with Gasteiger partial charge in [0.1, 0.15) is 0 Å². The third-order valence-corrected chi connectivity index (χ3v) is 3.19. The van der Waals surface area contributed by atoms with Crippen molar-refractivity contribution in [1.82, 2.24) is 9.38 Å². The Balaban J connectivity index is 2.32. The molecule has 0 saturated heterocycles. The molecular formula is C10H11N3OS. The maximum absolute atomic E-state index is 10.9. The molecule has 1 amide bonds. The van der Waals surface area contributed by atoms with E-state index in [0.717, 1.165) is 10.7 Å². The highest BCUT2D eigenvalue weighted by Crippen LogP contribution is 2.22. The average molecular weight is 221 g/mol. The van der Waals surface area contributed by atoms with Gasteiger partial charge in [-0.05, 0) is 19.1 Å². The van der Waals surface area contributed by atoms with Crippen LogP contribution in [-0.4, -0.2) is 20.5 Å². The number of fused-ring (bicyclic) bond motifs is 1. The van der Waals surface area contributed by atoms with Crippen LogP contribution in [0, 0.1) is 0 Å². The molecule has 4 nitrogen and oxygen atoms in total. The van der Waals surface area contributed by atoms with E-state index < -0.39 is 0 Å². The number of carbonyl (C=O) groups excluding carboxylic acids is 1. The summed E-state index contributed by atoms with van der Waals surface area (Å²) in [7, 11) is 0. The van der Waals surface area contributed by atoms with E-state index in [-0.39, 0.29) is 11.2 Å². The molecule has 0 aromatic carbocycles. The van der Waals surface area contributed by atoms with Crippen LogP contribution in [0.4, 0.5) is 0 Å². The van der Waals surface area contributed by atoms with Crippen molar-refractivity contribution < 1.29 is 4.79 Å². The smallest absolute Gasteiger partial charge is 0.230 e. The number of pyridine rings is 1. The van der Waals surface area contributed by atoms with Gasteiger partial charge in [0.2, 0.25) is 5.91 Å². The van der Waals surface area contributed by atoms with Gasteiger partial charge < -0.3 is 5.73 Å². The van der Waals surface area contributed by atoms with E-state index in [4.69, 9.17) is 5.73 Å². The largest absolute Gasteiger partial charge is 0.369 e. The minimum absolute atomic E-state index is 0.268. The summed E-state index contributed by atoms with van der Waals surface area (Å²) in [5.74, 6) is -0.326. The fourth-order valence-electron chi connectivity index (χ4n) is 1.22. The zero-order valence-corrected chi connectivity index (χ0v) is 9.07. The van der Waals surface area contributed by atoms with E-state index in [2.05, 4.69) is 4.98 Å². The van der Waals surface area contributed by atoms with Gasteiger partial charge in [0.15, 0.2) is 5.16 Å². The molecular weight excluding hydrogens is 210 g/mol. The number of imidazole rings is 1. The van der Waals surface area contributed by atoms with Crippen LogP contribution in [0.2, 0.25) is 0 Å². The number of nitrogens with two attached hydrogens (primary N) is 1. The van der Waals surface area contributed by atoms with Crippen LogP contribution in [0.15, 0.2) is 35.7 Å². The zero-order valence-electron chi connectivity index (χ0n) is 8.25. The molecule has 2 rings (SSSR count). The molecule has 1 atom stereocenters. The number of hydrogen-bond donors (Lipinski definition) is 1. The number of primary amides is 1. The molecule has 2 N–H and O–H groups in total. The number of amides is 1. The van der Waals surface area contributed by atoms with Crippen LogP contribution in [0.3, 0.4) is 0 Å². The summed E-state index contributed by atoms with van der Waals surface area (Å²) in [6.45, 7) is 1.77. The van der Waals surface area contributed by atoms with Gasteiger partial charge in [-0.25, -0.2) is 4.98 Å². The molecule has 2 aromatic rings. The molecule has 5 heteroatoms. The Bertz CT molecular complexity index is 494. The highest BCUT2D eigenvalue weighted by Gasteiger charge is 2.13. The molecule has 0 radical (unpaired) electrons. The zero-order chi connectivity index (χ0) is 10.8. The van der Waals surface area contributed by atoms with Gasteiger partial charge in [0.25, 0.3) is 0 Å². The second kappa shape index (κ2) is 3.94. The topological polar surface area (TPSA) is 60.4 Å². The third kappa shape index (κ3) is 1.97. The number of aromatic nitrogens is 2. The monoisotopic (exact) mass is 221 g/mol. The maximum Gasteiger partial charge on any atom is 0.230 e. The van der Waals surface area contributed by atoms with Crippen LogP contribution in [0.25, 0.3) is 5.52 Å². The van der Waals surface area contributed by atoms with Crippen molar-refractivity contribution in [3.8, 4) is 0 Å². The van der Waals surface area contributed by atoms with Gasteiger partial charge in [-0.3, -0.25) is 9.20 Å². The molecule has 78 valence electrons. The lowest BCUT2D eigenvalue weighted by molar-refractivity contribution is -0.117. The van der Waals surface area contributed by atoms with Crippen molar-refractivity contribution in [2.75, 3.05) is 0 Å². The lowest BCUT2D eigenvalue weighted by atomic mass is 10.4. The molecule has 2 heterocycles. The first kappa shape index (κ1) is 10.0. The predicted molar refractivity (Wildman–Crippen MR) is 59.7 cm³/mol. The molecule has 0 aliphatic heterocycles. The molecule has 0 saturated carbocycles. The van der Waals surface area contributed by atoms with Gasteiger partial charge >= 0.3 is 0 Å². The lowest BCUT2D eigenvalue weighted by Crippen LogP contribution is -2.22. The van der Waals surface area contributed by atoms with Crippen molar-refractivity contribution in [3.63, 3.8) is 0 Å². The summed E-state index contributed by atoms with van der Waals surface area (Å²) in [6, 6.07) is 5.84. The Kier molecular flexibility index (Phi) is 2.64. The van der Waals surface area contributed by atoms with Crippen molar-refractivity contribution in [2.45, 2.75) is 17.3 Å². The van der Waals surface area contributed by atoms with Crippen LogP contribution in [-0.2, 0) is 4.79 Å². The molecule has 0 aliphatic rings. The minimum Gasteiger partial charge on any atom is -0.369 e. The van der Waals surface area contributed by atoms with Crippen molar-refractivity contribution in [2.24, 2.45) is 5.73 Å².